The molecular weight excluding hydrogens is 378 g/mol. The van der Waals surface area contributed by atoms with Gasteiger partial charge in [-0.1, -0.05) is 6.07 Å². The number of carbonyl (C=O) groups excluding carboxylic acids is 1. The number of benzene rings is 1. The second-order valence-electron chi connectivity index (χ2n) is 6.02. The van der Waals surface area contributed by atoms with Crippen molar-refractivity contribution < 1.29 is 14.5 Å². The summed E-state index contributed by atoms with van der Waals surface area (Å²) in [7, 11) is 1.25. The van der Waals surface area contributed by atoms with Crippen molar-refractivity contribution in [1.29, 1.82) is 0 Å². The molecule has 2 aromatic heterocycles. The fraction of sp³-hybridized carbons (Fsp3) is 0.158. The summed E-state index contributed by atoms with van der Waals surface area (Å²) in [5.74, 6) is -0.120. The second kappa shape index (κ2) is 8.30. The van der Waals surface area contributed by atoms with Gasteiger partial charge in [-0.2, -0.15) is 0 Å². The largest absolute Gasteiger partial charge is 0.469 e. The predicted molar refractivity (Wildman–Crippen MR) is 105 cm³/mol. The quantitative estimate of drug-likeness (QED) is 0.295. The number of esters is 1. The SMILES string of the molecule is COC(=O)Cc1[nH]n(-c2ccc([N+](=O)[O-])cc2)c(=O)c1C(C)=Nc1ccccn1. The third-order valence-corrected chi connectivity index (χ3v) is 4.13. The van der Waals surface area contributed by atoms with Gasteiger partial charge in [0.15, 0.2) is 5.82 Å². The van der Waals surface area contributed by atoms with Gasteiger partial charge < -0.3 is 4.74 Å². The van der Waals surface area contributed by atoms with E-state index in [-0.39, 0.29) is 17.7 Å². The Kier molecular flexibility index (Phi) is 5.63. The smallest absolute Gasteiger partial charge is 0.311 e. The number of methoxy groups -OCH3 is 1. The third-order valence-electron chi connectivity index (χ3n) is 4.13. The highest BCUT2D eigenvalue weighted by Gasteiger charge is 2.21. The minimum atomic E-state index is -0.533. The molecular formula is C19H17N5O5. The van der Waals surface area contributed by atoms with Gasteiger partial charge in [-0.25, -0.2) is 14.7 Å². The molecule has 0 amide bonds. The zero-order valence-corrected chi connectivity index (χ0v) is 15.7. The van der Waals surface area contributed by atoms with E-state index < -0.39 is 16.5 Å². The van der Waals surface area contributed by atoms with Crippen molar-refractivity contribution in [2.45, 2.75) is 13.3 Å². The van der Waals surface area contributed by atoms with E-state index >= 15 is 0 Å². The molecule has 29 heavy (non-hydrogen) atoms. The molecule has 0 atom stereocenters. The summed E-state index contributed by atoms with van der Waals surface area (Å²) >= 11 is 0. The Balaban J connectivity index is 2.11. The molecule has 148 valence electrons. The zero-order chi connectivity index (χ0) is 21.0. The Morgan fingerprint density at radius 3 is 2.59 bits per heavy atom. The number of nitro benzene ring substituents is 1. The number of hydrogen-bond donors (Lipinski definition) is 1. The van der Waals surface area contributed by atoms with E-state index in [1.807, 2.05) is 0 Å². The number of aromatic amines is 1. The molecule has 0 saturated carbocycles. The van der Waals surface area contributed by atoms with Gasteiger partial charge in [-0.3, -0.25) is 24.8 Å². The lowest BCUT2D eigenvalue weighted by Crippen LogP contribution is -2.20. The molecule has 0 aliphatic heterocycles. The average molecular weight is 395 g/mol. The van der Waals surface area contributed by atoms with Crippen LogP contribution < -0.4 is 5.56 Å². The fourth-order valence-electron chi connectivity index (χ4n) is 2.75. The van der Waals surface area contributed by atoms with Crippen molar-refractivity contribution in [2.75, 3.05) is 7.11 Å². The predicted octanol–water partition coefficient (Wildman–Crippen LogP) is 2.33. The summed E-state index contributed by atoms with van der Waals surface area (Å²) in [4.78, 5) is 43.7. The summed E-state index contributed by atoms with van der Waals surface area (Å²) in [6.07, 6.45) is 1.41. The minimum absolute atomic E-state index is 0.101. The number of carbonyl (C=O) groups is 1. The van der Waals surface area contributed by atoms with Crippen LogP contribution >= 0.6 is 0 Å². The van der Waals surface area contributed by atoms with Crippen molar-refractivity contribution in [2.24, 2.45) is 4.99 Å². The molecule has 2 heterocycles. The molecule has 3 rings (SSSR count). The fourth-order valence-corrected chi connectivity index (χ4v) is 2.75. The second-order valence-corrected chi connectivity index (χ2v) is 6.02. The van der Waals surface area contributed by atoms with Gasteiger partial charge in [0.1, 0.15) is 0 Å². The Morgan fingerprint density at radius 2 is 2.00 bits per heavy atom. The number of ether oxygens (including phenoxy) is 1. The van der Waals surface area contributed by atoms with Gasteiger partial charge in [0.05, 0.1) is 41.1 Å². The molecule has 0 aliphatic carbocycles. The average Bonchev–Trinajstić information content (AvgIpc) is 3.04. The van der Waals surface area contributed by atoms with Crippen LogP contribution in [0.5, 0.6) is 0 Å². The van der Waals surface area contributed by atoms with Crippen LogP contribution in [0.4, 0.5) is 11.5 Å². The highest BCUT2D eigenvalue weighted by atomic mass is 16.6. The Bertz CT molecular complexity index is 1130. The Hall–Kier alpha value is -4.08. The number of nitrogens with zero attached hydrogens (tertiary/aromatic N) is 4. The van der Waals surface area contributed by atoms with E-state index in [0.29, 0.717) is 22.9 Å². The van der Waals surface area contributed by atoms with Crippen molar-refractivity contribution in [3.63, 3.8) is 0 Å². The summed E-state index contributed by atoms with van der Waals surface area (Å²) in [6, 6.07) is 10.6. The molecule has 0 radical (unpaired) electrons. The maximum Gasteiger partial charge on any atom is 0.311 e. The highest BCUT2D eigenvalue weighted by Crippen LogP contribution is 2.16. The topological polar surface area (TPSA) is 132 Å². The maximum absolute atomic E-state index is 13.1. The van der Waals surface area contributed by atoms with E-state index in [1.165, 1.54) is 36.1 Å². The Labute approximate surface area is 164 Å². The number of aromatic nitrogens is 3. The lowest BCUT2D eigenvalue weighted by Gasteiger charge is -2.02. The van der Waals surface area contributed by atoms with Crippen LogP contribution in [0.15, 0.2) is 58.4 Å². The third kappa shape index (κ3) is 4.26. The summed E-state index contributed by atoms with van der Waals surface area (Å²) in [6.45, 7) is 1.64. The van der Waals surface area contributed by atoms with Crippen LogP contribution in [-0.4, -0.2) is 38.5 Å². The highest BCUT2D eigenvalue weighted by molar-refractivity contribution is 6.01. The lowest BCUT2D eigenvalue weighted by atomic mass is 10.1. The first-order valence-electron chi connectivity index (χ1n) is 8.53. The van der Waals surface area contributed by atoms with Gasteiger partial charge in [0.25, 0.3) is 11.2 Å². The van der Waals surface area contributed by atoms with Crippen molar-refractivity contribution in [3.8, 4) is 5.69 Å². The molecule has 1 aromatic carbocycles. The van der Waals surface area contributed by atoms with Gasteiger partial charge in [-0.15, -0.1) is 0 Å². The Morgan fingerprint density at radius 1 is 1.28 bits per heavy atom. The number of aliphatic imine (C=N–C) groups is 1. The first-order chi connectivity index (χ1) is 13.9. The van der Waals surface area contributed by atoms with Crippen LogP contribution in [0.25, 0.3) is 5.69 Å². The monoisotopic (exact) mass is 395 g/mol. The van der Waals surface area contributed by atoms with Crippen molar-refractivity contribution in [1.82, 2.24) is 14.8 Å². The lowest BCUT2D eigenvalue weighted by molar-refractivity contribution is -0.384. The molecule has 1 N–H and O–H groups in total. The standard InChI is InChI=1S/C19H17N5O5/c1-12(21-16-5-3-4-10-20-16)18-15(11-17(25)29-2)22-23(19(18)26)13-6-8-14(9-7-13)24(27)28/h3-10,22H,11H2,1-2H3. The number of non-ortho nitro benzene ring substituents is 1. The minimum Gasteiger partial charge on any atom is -0.469 e. The summed E-state index contributed by atoms with van der Waals surface area (Å²) in [5, 5.41) is 13.7. The molecule has 10 heteroatoms. The van der Waals surface area contributed by atoms with E-state index in [1.54, 1.807) is 31.3 Å². The summed E-state index contributed by atoms with van der Waals surface area (Å²) in [5.41, 5.74) is 0.719. The molecule has 0 unspecified atom stereocenters. The molecule has 3 aromatic rings. The van der Waals surface area contributed by atoms with Crippen LogP contribution in [0.3, 0.4) is 0 Å². The van der Waals surface area contributed by atoms with Crippen LogP contribution in [0, 0.1) is 10.1 Å². The number of H-pyrrole nitrogens is 1. The molecule has 0 saturated heterocycles. The normalized spacial score (nSPS) is 11.3. The van der Waals surface area contributed by atoms with Gasteiger partial charge >= 0.3 is 5.97 Å². The van der Waals surface area contributed by atoms with Gasteiger partial charge in [0.2, 0.25) is 0 Å². The number of pyridine rings is 1. The number of nitro groups is 1. The number of hydrogen-bond acceptors (Lipinski definition) is 7. The first kappa shape index (κ1) is 19.7. The van der Waals surface area contributed by atoms with E-state index in [9.17, 15) is 19.7 Å². The summed E-state index contributed by atoms with van der Waals surface area (Å²) < 4.78 is 5.91. The van der Waals surface area contributed by atoms with Crippen molar-refractivity contribution in [3.05, 3.63) is 80.4 Å². The van der Waals surface area contributed by atoms with E-state index in [2.05, 4.69) is 15.1 Å². The van der Waals surface area contributed by atoms with Gasteiger partial charge in [0, 0.05) is 18.3 Å². The van der Waals surface area contributed by atoms with Crippen LogP contribution in [0.2, 0.25) is 0 Å². The van der Waals surface area contributed by atoms with Crippen LogP contribution in [-0.2, 0) is 16.0 Å². The molecule has 0 fully saturated rings. The molecule has 0 spiro atoms. The molecule has 10 nitrogen and oxygen atoms in total. The van der Waals surface area contributed by atoms with E-state index in [4.69, 9.17) is 4.74 Å². The maximum atomic E-state index is 13.1. The van der Waals surface area contributed by atoms with E-state index in [0.717, 1.165) is 0 Å². The first-order valence-corrected chi connectivity index (χ1v) is 8.53. The molecule has 0 aliphatic rings. The molecule has 0 bridgehead atoms. The zero-order valence-electron chi connectivity index (χ0n) is 15.7. The van der Waals surface area contributed by atoms with Crippen molar-refractivity contribution >= 4 is 23.2 Å². The van der Waals surface area contributed by atoms with Crippen LogP contribution in [0.1, 0.15) is 18.2 Å². The number of nitrogens with one attached hydrogen (secondary N) is 1. The van der Waals surface area contributed by atoms with Gasteiger partial charge in [-0.05, 0) is 31.2 Å². The number of rotatable bonds is 6.